The second kappa shape index (κ2) is 7.45. The average Bonchev–Trinajstić information content (AvgIpc) is 2.84. The quantitative estimate of drug-likeness (QED) is 0.628. The van der Waals surface area contributed by atoms with Gasteiger partial charge in [0.1, 0.15) is 5.82 Å². The molecule has 0 unspecified atom stereocenters. The molecule has 0 atom stereocenters. The van der Waals surface area contributed by atoms with E-state index in [0.717, 1.165) is 35.0 Å². The van der Waals surface area contributed by atoms with Gasteiger partial charge in [-0.2, -0.15) is 0 Å². The van der Waals surface area contributed by atoms with Crippen molar-refractivity contribution in [2.24, 2.45) is 0 Å². The Morgan fingerprint density at radius 2 is 2.05 bits per heavy atom. The predicted octanol–water partition coefficient (Wildman–Crippen LogP) is 3.46. The van der Waals surface area contributed by atoms with Crippen molar-refractivity contribution in [1.82, 2.24) is 9.55 Å². The largest absolute Gasteiger partial charge is 0.390 e. The van der Waals surface area contributed by atoms with Gasteiger partial charge in [-0.05, 0) is 24.1 Å². The summed E-state index contributed by atoms with van der Waals surface area (Å²) in [7, 11) is 0. The topological polar surface area (TPSA) is 38.1 Å². The molecule has 0 aliphatic carbocycles. The van der Waals surface area contributed by atoms with E-state index >= 15 is 0 Å². The Balaban J connectivity index is 2.15. The van der Waals surface area contributed by atoms with E-state index in [1.54, 1.807) is 30.1 Å². The van der Waals surface area contributed by atoms with Crippen LogP contribution in [0.25, 0.3) is 0 Å². The molecule has 0 spiro atoms. The van der Waals surface area contributed by atoms with Crippen molar-refractivity contribution in [1.29, 1.82) is 0 Å². The molecule has 0 bridgehead atoms. The third-order valence-corrected chi connectivity index (χ3v) is 4.12. The fourth-order valence-corrected chi connectivity index (χ4v) is 2.96. The lowest BCUT2D eigenvalue weighted by Crippen LogP contribution is -2.06. The number of halogens is 1. The van der Waals surface area contributed by atoms with E-state index < -0.39 is 0 Å². The third-order valence-electron chi connectivity index (χ3n) is 3.05. The molecular weight excluding hydrogens is 275 g/mol. The number of aromatic nitrogens is 2. The highest BCUT2D eigenvalue weighted by Crippen LogP contribution is 2.21. The van der Waals surface area contributed by atoms with E-state index in [4.69, 9.17) is 0 Å². The summed E-state index contributed by atoms with van der Waals surface area (Å²) in [6.45, 7) is 2.72. The van der Waals surface area contributed by atoms with Gasteiger partial charge in [-0.25, -0.2) is 9.37 Å². The predicted molar refractivity (Wildman–Crippen MR) is 79.3 cm³/mol. The zero-order chi connectivity index (χ0) is 14.4. The minimum absolute atomic E-state index is 0.0392. The molecule has 0 saturated carbocycles. The van der Waals surface area contributed by atoms with Crippen LogP contribution in [-0.2, 0) is 13.2 Å². The fraction of sp³-hybridized carbons (Fsp3) is 0.400. The van der Waals surface area contributed by atoms with Gasteiger partial charge in [0.15, 0.2) is 5.16 Å². The van der Waals surface area contributed by atoms with Gasteiger partial charge in [0.25, 0.3) is 0 Å². The first-order chi connectivity index (χ1) is 9.74. The van der Waals surface area contributed by atoms with Crippen LogP contribution in [0.15, 0.2) is 35.6 Å². The van der Waals surface area contributed by atoms with Crippen LogP contribution in [0.3, 0.4) is 0 Å². The van der Waals surface area contributed by atoms with Crippen molar-refractivity contribution >= 4 is 11.8 Å². The summed E-state index contributed by atoms with van der Waals surface area (Å²) in [5, 5.41) is 10.3. The Morgan fingerprint density at radius 1 is 1.30 bits per heavy atom. The molecule has 0 aliphatic heterocycles. The summed E-state index contributed by atoms with van der Waals surface area (Å²) < 4.78 is 14.9. The highest BCUT2D eigenvalue weighted by atomic mass is 32.2. The van der Waals surface area contributed by atoms with Gasteiger partial charge in [0.05, 0.1) is 18.5 Å². The molecule has 1 N–H and O–H groups in total. The van der Waals surface area contributed by atoms with Crippen LogP contribution in [0.1, 0.15) is 31.0 Å². The van der Waals surface area contributed by atoms with Crippen LogP contribution in [0.4, 0.5) is 4.39 Å². The standard InChI is InChI=1S/C15H19FN2OS/c1-2-3-8-20-15-17-9-14(11-19)18(15)10-12-4-6-13(16)7-5-12/h4-7,9,19H,2-3,8,10-11H2,1H3. The van der Waals surface area contributed by atoms with E-state index in [-0.39, 0.29) is 12.4 Å². The van der Waals surface area contributed by atoms with Crippen LogP contribution < -0.4 is 0 Å². The molecule has 0 radical (unpaired) electrons. The van der Waals surface area contributed by atoms with Gasteiger partial charge >= 0.3 is 0 Å². The lowest BCUT2D eigenvalue weighted by Gasteiger charge is -2.10. The first-order valence-corrected chi connectivity index (χ1v) is 7.75. The van der Waals surface area contributed by atoms with Crippen LogP contribution >= 0.6 is 11.8 Å². The lowest BCUT2D eigenvalue weighted by molar-refractivity contribution is 0.270. The van der Waals surface area contributed by atoms with Crippen molar-refractivity contribution in [3.63, 3.8) is 0 Å². The first-order valence-electron chi connectivity index (χ1n) is 6.77. The van der Waals surface area contributed by atoms with Crippen molar-refractivity contribution in [2.45, 2.75) is 38.1 Å². The highest BCUT2D eigenvalue weighted by Gasteiger charge is 2.10. The van der Waals surface area contributed by atoms with Crippen LogP contribution in [-0.4, -0.2) is 20.4 Å². The van der Waals surface area contributed by atoms with E-state index in [0.29, 0.717) is 6.54 Å². The lowest BCUT2D eigenvalue weighted by atomic mass is 10.2. The van der Waals surface area contributed by atoms with Gasteiger partial charge in [-0.1, -0.05) is 37.2 Å². The van der Waals surface area contributed by atoms with Gasteiger partial charge in [-0.3, -0.25) is 0 Å². The Labute approximate surface area is 122 Å². The second-order valence-corrected chi connectivity index (χ2v) is 5.67. The van der Waals surface area contributed by atoms with Crippen molar-refractivity contribution in [2.75, 3.05) is 5.75 Å². The summed E-state index contributed by atoms with van der Waals surface area (Å²) in [5.41, 5.74) is 1.78. The van der Waals surface area contributed by atoms with E-state index in [9.17, 15) is 9.50 Å². The SMILES string of the molecule is CCCCSc1ncc(CO)n1Cc1ccc(F)cc1. The Hall–Kier alpha value is -1.33. The molecule has 108 valence electrons. The van der Waals surface area contributed by atoms with Crippen molar-refractivity contribution in [3.05, 3.63) is 47.5 Å². The maximum Gasteiger partial charge on any atom is 0.168 e. The summed E-state index contributed by atoms with van der Waals surface area (Å²) in [4.78, 5) is 4.36. The molecule has 5 heteroatoms. The maximum absolute atomic E-state index is 12.9. The molecule has 2 aromatic rings. The molecule has 1 aromatic carbocycles. The van der Waals surface area contributed by atoms with Crippen molar-refractivity contribution in [3.8, 4) is 0 Å². The molecular formula is C15H19FN2OS. The molecule has 1 aromatic heterocycles. The summed E-state index contributed by atoms with van der Waals surface area (Å²) in [6.07, 6.45) is 4.00. The number of unbranched alkanes of at least 4 members (excludes halogenated alkanes) is 1. The Morgan fingerprint density at radius 3 is 2.70 bits per heavy atom. The van der Waals surface area contributed by atoms with E-state index in [1.807, 2.05) is 4.57 Å². The van der Waals surface area contributed by atoms with E-state index in [2.05, 4.69) is 11.9 Å². The number of rotatable bonds is 7. The molecule has 20 heavy (non-hydrogen) atoms. The fourth-order valence-electron chi connectivity index (χ4n) is 1.88. The molecule has 0 amide bonds. The average molecular weight is 294 g/mol. The van der Waals surface area contributed by atoms with Gasteiger partial charge in [-0.15, -0.1) is 0 Å². The highest BCUT2D eigenvalue weighted by molar-refractivity contribution is 7.99. The third kappa shape index (κ3) is 3.84. The second-order valence-electron chi connectivity index (χ2n) is 4.60. The van der Waals surface area contributed by atoms with Crippen LogP contribution in [0, 0.1) is 5.82 Å². The van der Waals surface area contributed by atoms with Gasteiger partial charge in [0.2, 0.25) is 0 Å². The molecule has 1 heterocycles. The number of hydrogen-bond acceptors (Lipinski definition) is 3. The summed E-state index contributed by atoms with van der Waals surface area (Å²) >= 11 is 1.70. The Bertz CT molecular complexity index is 539. The van der Waals surface area contributed by atoms with Gasteiger partial charge in [0, 0.05) is 12.3 Å². The number of imidazole rings is 1. The van der Waals surface area contributed by atoms with Gasteiger partial charge < -0.3 is 9.67 Å². The zero-order valence-electron chi connectivity index (χ0n) is 11.6. The number of nitrogens with zero attached hydrogens (tertiary/aromatic N) is 2. The molecule has 2 rings (SSSR count). The normalized spacial score (nSPS) is 10.9. The van der Waals surface area contributed by atoms with Crippen LogP contribution in [0.5, 0.6) is 0 Å². The monoisotopic (exact) mass is 294 g/mol. The summed E-state index contributed by atoms with van der Waals surface area (Å²) in [6, 6.07) is 6.43. The van der Waals surface area contributed by atoms with Crippen molar-refractivity contribution < 1.29 is 9.50 Å². The first kappa shape index (κ1) is 15.1. The Kier molecular flexibility index (Phi) is 5.61. The number of aliphatic hydroxyl groups excluding tert-OH is 1. The van der Waals surface area contributed by atoms with Crippen LogP contribution in [0.2, 0.25) is 0 Å². The molecule has 0 saturated heterocycles. The molecule has 0 aliphatic rings. The number of thioether (sulfide) groups is 1. The maximum atomic E-state index is 12.9. The minimum Gasteiger partial charge on any atom is -0.390 e. The molecule has 3 nitrogen and oxygen atoms in total. The summed E-state index contributed by atoms with van der Waals surface area (Å²) in [5.74, 6) is 0.779. The number of benzene rings is 1. The molecule has 0 fully saturated rings. The van der Waals surface area contributed by atoms with E-state index in [1.165, 1.54) is 12.1 Å². The number of aliphatic hydroxyl groups is 1. The zero-order valence-corrected chi connectivity index (χ0v) is 12.4. The minimum atomic E-state index is -0.237. The smallest absolute Gasteiger partial charge is 0.168 e. The number of hydrogen-bond donors (Lipinski definition) is 1.